The van der Waals surface area contributed by atoms with E-state index in [4.69, 9.17) is 11.6 Å². The molecule has 0 bridgehead atoms. The number of halogens is 2. The van der Waals surface area contributed by atoms with Crippen molar-refractivity contribution in [3.63, 3.8) is 0 Å². The van der Waals surface area contributed by atoms with Gasteiger partial charge in [0.15, 0.2) is 0 Å². The Morgan fingerprint density at radius 1 is 0.600 bits per heavy atom. The third kappa shape index (κ3) is 4.37. The van der Waals surface area contributed by atoms with Gasteiger partial charge >= 0.3 is 0 Å². The van der Waals surface area contributed by atoms with Crippen LogP contribution in [0.25, 0.3) is 33.4 Å². The summed E-state index contributed by atoms with van der Waals surface area (Å²) in [7, 11) is -0.888. The molecule has 0 fully saturated rings. The lowest BCUT2D eigenvalue weighted by molar-refractivity contribution is 1.42. The smallest absolute Gasteiger partial charge is 0.0484 e. The molecule has 4 rings (SSSR count). The van der Waals surface area contributed by atoms with Crippen LogP contribution in [0.3, 0.4) is 0 Å². The molecular weight excluding hydrogens is 472 g/mol. The lowest BCUT2D eigenvalue weighted by Crippen LogP contribution is -1.96. The molecule has 4 aromatic carbocycles. The zero-order valence-electron chi connectivity index (χ0n) is 17.3. The number of hydrogen-bond donors (Lipinski definition) is 0. The Morgan fingerprint density at radius 3 is 1.67 bits per heavy atom. The molecule has 0 spiro atoms. The van der Waals surface area contributed by atoms with Gasteiger partial charge in [0.2, 0.25) is 0 Å². The van der Waals surface area contributed by atoms with Crippen LogP contribution in [0.15, 0.2) is 100 Å². The van der Waals surface area contributed by atoms with Crippen LogP contribution in [0.2, 0.25) is 5.02 Å². The van der Waals surface area contributed by atoms with Gasteiger partial charge in [0.05, 0.1) is 0 Å². The highest BCUT2D eigenvalue weighted by atomic mass is 79.9. The Labute approximate surface area is 194 Å². The normalized spacial score (nSPS) is 12.0. The van der Waals surface area contributed by atoms with Crippen molar-refractivity contribution in [2.24, 2.45) is 0 Å². The maximum Gasteiger partial charge on any atom is 0.0484 e. The minimum Gasteiger partial charge on any atom is -0.223 e. The highest BCUT2D eigenvalue weighted by molar-refractivity contribution is 9.10. The van der Waals surface area contributed by atoms with E-state index in [0.717, 1.165) is 20.6 Å². The van der Waals surface area contributed by atoms with E-state index < -0.39 is 10.0 Å². The van der Waals surface area contributed by atoms with Gasteiger partial charge in [-0.3, -0.25) is 0 Å². The van der Waals surface area contributed by atoms with Crippen LogP contribution >= 0.6 is 37.6 Å². The van der Waals surface area contributed by atoms with E-state index in [1.54, 1.807) is 0 Å². The summed E-state index contributed by atoms with van der Waals surface area (Å²) in [6.07, 6.45) is 7.04. The van der Waals surface area contributed by atoms with Crippen LogP contribution in [0, 0.1) is 0 Å². The van der Waals surface area contributed by atoms with E-state index in [1.165, 1.54) is 27.1 Å². The third-order valence-electron chi connectivity index (χ3n) is 5.16. The fourth-order valence-corrected chi connectivity index (χ4v) is 5.81. The van der Waals surface area contributed by atoms with Crippen molar-refractivity contribution >= 4 is 37.6 Å². The van der Waals surface area contributed by atoms with Gasteiger partial charge in [-0.2, -0.15) is 0 Å². The van der Waals surface area contributed by atoms with Gasteiger partial charge in [-0.1, -0.05) is 82.1 Å². The molecule has 0 unspecified atom stereocenters. The van der Waals surface area contributed by atoms with Gasteiger partial charge in [0, 0.05) is 15.1 Å². The largest absolute Gasteiger partial charge is 0.223 e. The summed E-state index contributed by atoms with van der Waals surface area (Å²) < 4.78 is 1.09. The molecule has 0 aromatic heterocycles. The molecule has 4 aromatic rings. The van der Waals surface area contributed by atoms with Crippen molar-refractivity contribution in [1.29, 1.82) is 0 Å². The highest BCUT2D eigenvalue weighted by Gasteiger charge is 2.16. The Hall–Kier alpha value is -2.00. The topological polar surface area (TPSA) is 0 Å². The number of rotatable bonds is 4. The molecule has 0 aliphatic carbocycles. The monoisotopic (exact) mass is 494 g/mol. The van der Waals surface area contributed by atoms with Gasteiger partial charge in [-0.25, -0.2) is 10.0 Å². The Balaban J connectivity index is 2.01. The predicted molar refractivity (Wildman–Crippen MR) is 139 cm³/mol. The van der Waals surface area contributed by atoms with Gasteiger partial charge in [-0.15, -0.1) is 0 Å². The maximum atomic E-state index is 6.59. The SMILES string of the molecule is CS(C)(C)c1ccccc1-c1cc(-c2ccccc2Cl)cc(-c2ccccc2Br)c1. The predicted octanol–water partition coefficient (Wildman–Crippen LogP) is 9.16. The molecule has 0 aliphatic heterocycles. The number of hydrogen-bond acceptors (Lipinski definition) is 0. The quantitative estimate of drug-likeness (QED) is 0.265. The molecule has 3 heteroatoms. The van der Waals surface area contributed by atoms with Crippen LogP contribution in [0.5, 0.6) is 0 Å². The summed E-state index contributed by atoms with van der Waals surface area (Å²) in [5.74, 6) is 0. The summed E-state index contributed by atoms with van der Waals surface area (Å²) in [4.78, 5) is 1.42. The third-order valence-corrected chi connectivity index (χ3v) is 7.86. The van der Waals surface area contributed by atoms with Crippen LogP contribution < -0.4 is 0 Å². The molecule has 0 atom stereocenters. The van der Waals surface area contributed by atoms with Crippen molar-refractivity contribution in [2.45, 2.75) is 4.90 Å². The molecule has 0 radical (unpaired) electrons. The fraction of sp³-hybridized carbons (Fsp3) is 0.111. The zero-order chi connectivity index (χ0) is 21.3. The molecular formula is C27H24BrClS. The van der Waals surface area contributed by atoms with E-state index >= 15 is 0 Å². The molecule has 0 heterocycles. The molecule has 0 saturated carbocycles. The zero-order valence-corrected chi connectivity index (χ0v) is 20.5. The van der Waals surface area contributed by atoms with E-state index in [9.17, 15) is 0 Å². The second kappa shape index (κ2) is 8.63. The Bertz CT molecular complexity index is 1140. The molecule has 0 aliphatic rings. The molecule has 0 amide bonds. The first kappa shape index (κ1) is 21.2. The van der Waals surface area contributed by atoms with Crippen molar-refractivity contribution in [1.82, 2.24) is 0 Å². The lowest BCUT2D eigenvalue weighted by Gasteiger charge is -2.29. The van der Waals surface area contributed by atoms with Crippen molar-refractivity contribution in [2.75, 3.05) is 18.8 Å². The number of benzene rings is 4. The summed E-state index contributed by atoms with van der Waals surface area (Å²) in [6, 6.07) is 32.0. The summed E-state index contributed by atoms with van der Waals surface area (Å²) in [5.41, 5.74) is 7.04. The van der Waals surface area contributed by atoms with Crippen LogP contribution in [-0.4, -0.2) is 18.8 Å². The first-order chi connectivity index (χ1) is 14.3. The maximum absolute atomic E-state index is 6.59. The van der Waals surface area contributed by atoms with Crippen LogP contribution in [-0.2, 0) is 0 Å². The van der Waals surface area contributed by atoms with Gasteiger partial charge in [-0.05, 0) is 87.9 Å². The van der Waals surface area contributed by atoms with Gasteiger partial charge in [0.1, 0.15) is 0 Å². The lowest BCUT2D eigenvalue weighted by atomic mass is 9.93. The molecule has 0 nitrogen and oxygen atoms in total. The standard InChI is InChI=1S/C27H24BrClS/c1-30(2,3)27-15-9-6-12-24(27)21-17-19(22-10-4-7-13-25(22)28)16-20(18-21)23-11-5-8-14-26(23)29/h4-18H,1-3H3. The van der Waals surface area contributed by atoms with Crippen LogP contribution in [0.4, 0.5) is 0 Å². The average Bonchev–Trinajstić information content (AvgIpc) is 2.73. The van der Waals surface area contributed by atoms with Crippen molar-refractivity contribution in [3.05, 3.63) is 100 Å². The molecule has 0 saturated heterocycles. The fourth-order valence-electron chi connectivity index (χ4n) is 3.72. The summed E-state index contributed by atoms with van der Waals surface area (Å²) in [6.45, 7) is 0. The van der Waals surface area contributed by atoms with Gasteiger partial charge in [0.25, 0.3) is 0 Å². The van der Waals surface area contributed by atoms with Crippen LogP contribution in [0.1, 0.15) is 0 Å². The summed E-state index contributed by atoms with van der Waals surface area (Å²) >= 11 is 10.3. The summed E-state index contributed by atoms with van der Waals surface area (Å²) in [5, 5.41) is 0.766. The Morgan fingerprint density at radius 2 is 1.07 bits per heavy atom. The Kier molecular flexibility index (Phi) is 6.11. The van der Waals surface area contributed by atoms with E-state index in [2.05, 4.69) is 101 Å². The minimum atomic E-state index is -0.888. The van der Waals surface area contributed by atoms with Gasteiger partial charge < -0.3 is 0 Å². The van der Waals surface area contributed by atoms with E-state index in [-0.39, 0.29) is 0 Å². The van der Waals surface area contributed by atoms with E-state index in [0.29, 0.717) is 0 Å². The second-order valence-corrected chi connectivity index (χ2v) is 13.5. The molecule has 30 heavy (non-hydrogen) atoms. The highest BCUT2D eigenvalue weighted by Crippen LogP contribution is 2.50. The van der Waals surface area contributed by atoms with Crippen molar-refractivity contribution < 1.29 is 0 Å². The average molecular weight is 496 g/mol. The first-order valence-electron chi connectivity index (χ1n) is 9.77. The van der Waals surface area contributed by atoms with Crippen molar-refractivity contribution in [3.8, 4) is 33.4 Å². The second-order valence-electron chi connectivity index (χ2n) is 8.09. The molecule has 0 N–H and O–H groups in total. The molecule has 152 valence electrons. The minimum absolute atomic E-state index is 0.766. The first-order valence-corrected chi connectivity index (χ1v) is 13.8. The van der Waals surface area contributed by atoms with E-state index in [1.807, 2.05) is 24.3 Å².